The molecule has 0 N–H and O–H groups in total. The standard InChI is InChI=1S/C18H15NOP/c20-21(17-11-3-1-4-12-17,18-13-5-2-6-14-18)19-15-16-9-7-8-10-16/h1-15H/b19-15+. The van der Waals surface area contributed by atoms with Crippen molar-refractivity contribution >= 4 is 24.1 Å². The quantitative estimate of drug-likeness (QED) is 0.627. The van der Waals surface area contributed by atoms with E-state index < -0.39 is 7.29 Å². The van der Waals surface area contributed by atoms with Crippen LogP contribution in [0.3, 0.4) is 0 Å². The van der Waals surface area contributed by atoms with Gasteiger partial charge < -0.3 is 0 Å². The van der Waals surface area contributed by atoms with Gasteiger partial charge in [0.1, 0.15) is 0 Å². The van der Waals surface area contributed by atoms with E-state index in [1.807, 2.05) is 86.3 Å². The predicted molar refractivity (Wildman–Crippen MR) is 88.7 cm³/mol. The molecule has 0 bridgehead atoms. The minimum Gasteiger partial charge on any atom is -0.288 e. The fourth-order valence-corrected chi connectivity index (χ4v) is 4.18. The van der Waals surface area contributed by atoms with E-state index >= 15 is 0 Å². The van der Waals surface area contributed by atoms with E-state index in [-0.39, 0.29) is 0 Å². The van der Waals surface area contributed by atoms with Crippen molar-refractivity contribution in [1.82, 2.24) is 0 Å². The first-order valence-electron chi connectivity index (χ1n) is 6.78. The molecule has 1 aliphatic carbocycles. The van der Waals surface area contributed by atoms with Gasteiger partial charge in [-0.15, -0.1) is 0 Å². The molecule has 0 atom stereocenters. The molecule has 3 heteroatoms. The minimum absolute atomic E-state index is 0.749. The first-order chi connectivity index (χ1) is 10.3. The molecule has 0 saturated heterocycles. The molecule has 0 aliphatic heterocycles. The predicted octanol–water partition coefficient (Wildman–Crippen LogP) is 3.39. The Morgan fingerprint density at radius 1 is 0.762 bits per heavy atom. The van der Waals surface area contributed by atoms with Crippen LogP contribution < -0.4 is 10.6 Å². The molecule has 0 unspecified atom stereocenters. The van der Waals surface area contributed by atoms with Crippen LogP contribution in [0.5, 0.6) is 0 Å². The fourth-order valence-electron chi connectivity index (χ4n) is 2.17. The van der Waals surface area contributed by atoms with E-state index in [0.717, 1.165) is 16.5 Å². The molecule has 0 amide bonds. The van der Waals surface area contributed by atoms with Gasteiger partial charge in [0, 0.05) is 22.7 Å². The lowest BCUT2D eigenvalue weighted by molar-refractivity contribution is 0.588. The van der Waals surface area contributed by atoms with Gasteiger partial charge in [-0.2, -0.15) is 0 Å². The average molecular weight is 292 g/mol. The van der Waals surface area contributed by atoms with Crippen LogP contribution in [0.15, 0.2) is 65.4 Å². The lowest BCUT2D eigenvalue weighted by Gasteiger charge is -2.15. The molecule has 3 rings (SSSR count). The zero-order valence-electron chi connectivity index (χ0n) is 11.5. The van der Waals surface area contributed by atoms with Gasteiger partial charge in [-0.05, 0) is 49.9 Å². The molecular weight excluding hydrogens is 277 g/mol. The van der Waals surface area contributed by atoms with Crippen molar-refractivity contribution in [3.8, 4) is 0 Å². The van der Waals surface area contributed by atoms with Gasteiger partial charge in [0.2, 0.25) is 7.29 Å². The molecule has 1 aliphatic rings. The first-order valence-corrected chi connectivity index (χ1v) is 8.43. The van der Waals surface area contributed by atoms with Crippen LogP contribution in [-0.4, -0.2) is 6.21 Å². The van der Waals surface area contributed by atoms with E-state index in [1.54, 1.807) is 6.21 Å². The van der Waals surface area contributed by atoms with E-state index in [0.29, 0.717) is 0 Å². The molecule has 103 valence electrons. The maximum absolute atomic E-state index is 13.5. The zero-order valence-corrected chi connectivity index (χ0v) is 12.4. The van der Waals surface area contributed by atoms with Gasteiger partial charge in [0.25, 0.3) is 0 Å². The van der Waals surface area contributed by atoms with Crippen molar-refractivity contribution < 1.29 is 4.57 Å². The summed E-state index contributed by atoms with van der Waals surface area (Å²) in [6, 6.07) is 18.9. The van der Waals surface area contributed by atoms with Crippen molar-refractivity contribution in [3.63, 3.8) is 0 Å². The maximum atomic E-state index is 13.5. The summed E-state index contributed by atoms with van der Waals surface area (Å²) >= 11 is 0. The SMILES string of the molecule is O=P(/N=C/[C]1[CH][CH][CH][CH]1)(c1ccccc1)c1ccccc1. The zero-order chi connectivity index (χ0) is 14.5. The first kappa shape index (κ1) is 14.3. The summed E-state index contributed by atoms with van der Waals surface area (Å²) in [6.07, 6.45) is 9.48. The maximum Gasteiger partial charge on any atom is 0.247 e. The Morgan fingerprint density at radius 3 is 1.71 bits per heavy atom. The molecule has 0 heterocycles. The van der Waals surface area contributed by atoms with Crippen LogP contribution >= 0.6 is 7.29 Å². The third-order valence-corrected chi connectivity index (χ3v) is 5.71. The second-order valence-electron chi connectivity index (χ2n) is 4.71. The van der Waals surface area contributed by atoms with Crippen LogP contribution in [0.25, 0.3) is 0 Å². The fraction of sp³-hybridized carbons (Fsp3) is 0. The summed E-state index contributed by atoms with van der Waals surface area (Å²) in [5.74, 6) is 0.960. The molecule has 2 aromatic rings. The highest BCUT2D eigenvalue weighted by Gasteiger charge is 2.26. The lowest BCUT2D eigenvalue weighted by atomic mass is 10.1. The molecule has 21 heavy (non-hydrogen) atoms. The van der Waals surface area contributed by atoms with Crippen molar-refractivity contribution in [1.29, 1.82) is 0 Å². The van der Waals surface area contributed by atoms with Gasteiger partial charge >= 0.3 is 0 Å². The van der Waals surface area contributed by atoms with Crippen molar-refractivity contribution in [2.75, 3.05) is 0 Å². The highest BCUT2D eigenvalue weighted by Crippen LogP contribution is 2.45. The number of rotatable bonds is 4. The normalized spacial score (nSPS) is 16.6. The van der Waals surface area contributed by atoms with Crippen molar-refractivity contribution in [2.24, 2.45) is 4.76 Å². The van der Waals surface area contributed by atoms with Crippen molar-refractivity contribution in [3.05, 3.63) is 92.3 Å². The van der Waals surface area contributed by atoms with Crippen LogP contribution in [0.2, 0.25) is 0 Å². The van der Waals surface area contributed by atoms with Gasteiger partial charge in [0.15, 0.2) is 0 Å². The molecule has 1 fully saturated rings. The Kier molecular flexibility index (Phi) is 4.36. The highest BCUT2D eigenvalue weighted by atomic mass is 31.2. The number of hydrogen-bond donors (Lipinski definition) is 0. The third kappa shape index (κ3) is 3.16. The topological polar surface area (TPSA) is 29.4 Å². The molecule has 0 aromatic heterocycles. The average Bonchev–Trinajstić information content (AvgIpc) is 3.08. The Bertz CT molecular complexity index is 602. The van der Waals surface area contributed by atoms with Crippen LogP contribution in [0, 0.1) is 31.6 Å². The van der Waals surface area contributed by atoms with Gasteiger partial charge in [-0.1, -0.05) is 36.4 Å². The summed E-state index contributed by atoms with van der Waals surface area (Å²) in [7, 11) is -3.00. The smallest absolute Gasteiger partial charge is 0.247 e. The second kappa shape index (κ2) is 6.41. The Hall–Kier alpha value is -1.66. The number of hydrogen-bond acceptors (Lipinski definition) is 1. The van der Waals surface area contributed by atoms with E-state index in [2.05, 4.69) is 4.76 Å². The van der Waals surface area contributed by atoms with Gasteiger partial charge in [-0.3, -0.25) is 4.57 Å². The monoisotopic (exact) mass is 292 g/mol. The minimum atomic E-state index is -3.00. The summed E-state index contributed by atoms with van der Waals surface area (Å²) in [4.78, 5) is 0. The molecule has 5 radical (unpaired) electrons. The Balaban J connectivity index is 2.01. The van der Waals surface area contributed by atoms with E-state index in [1.165, 1.54) is 0 Å². The summed E-state index contributed by atoms with van der Waals surface area (Å²) in [5.41, 5.74) is 0. The van der Waals surface area contributed by atoms with Gasteiger partial charge in [0.05, 0.1) is 0 Å². The Labute approximate surface area is 126 Å². The van der Waals surface area contributed by atoms with E-state index in [9.17, 15) is 4.57 Å². The third-order valence-electron chi connectivity index (χ3n) is 3.27. The number of nitrogens with zero attached hydrogens (tertiary/aromatic N) is 1. The summed E-state index contributed by atoms with van der Waals surface area (Å²) in [6.45, 7) is 0. The second-order valence-corrected chi connectivity index (χ2v) is 7.13. The van der Waals surface area contributed by atoms with E-state index in [4.69, 9.17) is 0 Å². The summed E-state index contributed by atoms with van der Waals surface area (Å²) in [5, 5.41) is 1.50. The molecule has 0 spiro atoms. The molecule has 1 saturated carbocycles. The van der Waals surface area contributed by atoms with Gasteiger partial charge in [-0.25, -0.2) is 4.76 Å². The summed E-state index contributed by atoms with van der Waals surface area (Å²) < 4.78 is 18.0. The van der Waals surface area contributed by atoms with Crippen molar-refractivity contribution in [2.45, 2.75) is 0 Å². The lowest BCUT2D eigenvalue weighted by Crippen LogP contribution is -2.14. The van der Waals surface area contributed by atoms with Crippen LogP contribution in [0.4, 0.5) is 0 Å². The molecule has 2 nitrogen and oxygen atoms in total. The molecule has 2 aromatic carbocycles. The Morgan fingerprint density at radius 2 is 1.24 bits per heavy atom. The highest BCUT2D eigenvalue weighted by molar-refractivity contribution is 7.77. The largest absolute Gasteiger partial charge is 0.288 e. The molecular formula is C18H15NOP. The van der Waals surface area contributed by atoms with Crippen LogP contribution in [0.1, 0.15) is 0 Å². The van der Waals surface area contributed by atoms with Crippen LogP contribution in [-0.2, 0) is 4.57 Å². The number of benzene rings is 2.